The Morgan fingerprint density at radius 2 is 1.42 bits per heavy atom. The van der Waals surface area contributed by atoms with E-state index in [4.69, 9.17) is 9.47 Å². The molecule has 43 heavy (non-hydrogen) atoms. The summed E-state index contributed by atoms with van der Waals surface area (Å²) in [4.78, 5) is 40.8. The maximum absolute atomic E-state index is 14.0. The Morgan fingerprint density at radius 1 is 0.837 bits per heavy atom. The summed E-state index contributed by atoms with van der Waals surface area (Å²) in [7, 11) is 0. The lowest BCUT2D eigenvalue weighted by molar-refractivity contribution is -0.384. The summed E-state index contributed by atoms with van der Waals surface area (Å²) in [6.07, 6.45) is 3.37. The molecule has 8 nitrogen and oxygen atoms in total. The van der Waals surface area contributed by atoms with E-state index in [-0.39, 0.29) is 34.7 Å². The number of rotatable bonds is 9. The number of ether oxygens (including phenoxy) is 2. The third-order valence-corrected chi connectivity index (χ3v) is 8.61. The third kappa shape index (κ3) is 6.10. The number of Topliss-reactive ketones (excluding diaryl/α,β-unsaturated/α-hetero) is 2. The van der Waals surface area contributed by atoms with Crippen LogP contribution in [0.15, 0.2) is 65.0 Å². The first-order valence-corrected chi connectivity index (χ1v) is 15.3. The molecule has 2 aliphatic carbocycles. The zero-order valence-electron chi connectivity index (χ0n) is 26.1. The molecule has 3 aliphatic rings. The molecule has 0 bridgehead atoms. The second-order valence-corrected chi connectivity index (χ2v) is 13.5. The first kappa shape index (κ1) is 30.5. The van der Waals surface area contributed by atoms with Gasteiger partial charge in [-0.2, -0.15) is 0 Å². The van der Waals surface area contributed by atoms with Gasteiger partial charge in [-0.1, -0.05) is 40.7 Å². The number of carbonyl (C=O) groups excluding carboxylic acids is 2. The zero-order valence-corrected chi connectivity index (χ0v) is 26.1. The van der Waals surface area contributed by atoms with Crippen molar-refractivity contribution in [1.82, 2.24) is 4.90 Å². The van der Waals surface area contributed by atoms with Gasteiger partial charge in [0.15, 0.2) is 23.1 Å². The molecule has 0 unspecified atom stereocenters. The number of benzene rings is 2. The highest BCUT2D eigenvalue weighted by Gasteiger charge is 2.48. The molecule has 2 aromatic rings. The quantitative estimate of drug-likeness (QED) is 0.220. The molecule has 0 saturated heterocycles. The van der Waals surface area contributed by atoms with E-state index in [9.17, 15) is 19.7 Å². The summed E-state index contributed by atoms with van der Waals surface area (Å²) in [5, 5.41) is 11.0. The molecular formula is C35H42N2O6. The van der Waals surface area contributed by atoms with Crippen molar-refractivity contribution in [3.63, 3.8) is 0 Å². The minimum absolute atomic E-state index is 0.0248. The lowest BCUT2D eigenvalue weighted by Gasteiger charge is -2.49. The molecule has 0 N–H and O–H groups in total. The molecule has 0 radical (unpaired) electrons. The average molecular weight is 587 g/mol. The highest BCUT2D eigenvalue weighted by molar-refractivity contribution is 6.06. The van der Waals surface area contributed by atoms with E-state index in [1.165, 1.54) is 12.1 Å². The lowest BCUT2D eigenvalue weighted by Crippen LogP contribution is -2.44. The number of non-ortho nitro benzene ring substituents is 1. The first-order valence-electron chi connectivity index (χ1n) is 15.3. The number of nitrogens with zero attached hydrogens (tertiary/aromatic N) is 2. The van der Waals surface area contributed by atoms with Crippen molar-refractivity contribution in [3.8, 4) is 11.5 Å². The Kier molecular flexibility index (Phi) is 8.25. The molecule has 1 aliphatic heterocycles. The molecule has 0 spiro atoms. The van der Waals surface area contributed by atoms with Gasteiger partial charge in [0.1, 0.15) is 6.61 Å². The molecule has 0 atom stereocenters. The van der Waals surface area contributed by atoms with Crippen molar-refractivity contribution < 1.29 is 24.0 Å². The van der Waals surface area contributed by atoms with Crippen LogP contribution in [-0.2, 0) is 16.2 Å². The van der Waals surface area contributed by atoms with Gasteiger partial charge < -0.3 is 14.4 Å². The van der Waals surface area contributed by atoms with Crippen molar-refractivity contribution in [3.05, 3.63) is 86.2 Å². The molecule has 1 heterocycles. The summed E-state index contributed by atoms with van der Waals surface area (Å²) in [6, 6.07) is 12.0. The summed E-state index contributed by atoms with van der Waals surface area (Å²) in [6.45, 7) is 14.0. The summed E-state index contributed by atoms with van der Waals surface area (Å²) < 4.78 is 12.1. The van der Waals surface area contributed by atoms with Crippen molar-refractivity contribution in [2.24, 2.45) is 10.8 Å². The Morgan fingerprint density at radius 3 is 1.93 bits per heavy atom. The SMILES string of the molecule is CCCN1C2=C(C(=O)CC(C)(C)C2)C(c2ccc(OCc3ccc([N+](=O)[O-])cc3)c(OCC)c2)C2=C1CC(C)(C)CC2=O. The van der Waals surface area contributed by atoms with E-state index in [2.05, 4.69) is 39.5 Å². The van der Waals surface area contributed by atoms with Gasteiger partial charge in [0.05, 0.1) is 11.5 Å². The number of nitro groups is 1. The maximum atomic E-state index is 14.0. The molecule has 5 rings (SSSR count). The summed E-state index contributed by atoms with van der Waals surface area (Å²) in [5.74, 6) is 0.835. The minimum Gasteiger partial charge on any atom is -0.490 e. The van der Waals surface area contributed by atoms with Crippen molar-refractivity contribution in [2.75, 3.05) is 13.2 Å². The van der Waals surface area contributed by atoms with E-state index >= 15 is 0 Å². The van der Waals surface area contributed by atoms with Gasteiger partial charge in [0.2, 0.25) is 0 Å². The fourth-order valence-corrected chi connectivity index (χ4v) is 6.84. The van der Waals surface area contributed by atoms with E-state index in [0.717, 1.165) is 59.5 Å². The molecule has 2 aromatic carbocycles. The van der Waals surface area contributed by atoms with Gasteiger partial charge in [-0.3, -0.25) is 19.7 Å². The smallest absolute Gasteiger partial charge is 0.269 e. The van der Waals surface area contributed by atoms with E-state index in [1.54, 1.807) is 12.1 Å². The summed E-state index contributed by atoms with van der Waals surface area (Å²) >= 11 is 0. The minimum atomic E-state index is -0.451. The van der Waals surface area contributed by atoms with E-state index in [0.29, 0.717) is 30.9 Å². The van der Waals surface area contributed by atoms with Crippen LogP contribution < -0.4 is 9.47 Å². The van der Waals surface area contributed by atoms with Gasteiger partial charge in [-0.15, -0.1) is 0 Å². The fraction of sp³-hybridized carbons (Fsp3) is 0.486. The van der Waals surface area contributed by atoms with Crippen LogP contribution in [0.2, 0.25) is 0 Å². The molecular weight excluding hydrogens is 544 g/mol. The maximum Gasteiger partial charge on any atom is 0.269 e. The number of hydrogen-bond donors (Lipinski definition) is 0. The highest BCUT2D eigenvalue weighted by Crippen LogP contribution is 2.55. The monoisotopic (exact) mass is 586 g/mol. The van der Waals surface area contributed by atoms with Crippen LogP contribution in [0, 0.1) is 20.9 Å². The topological polar surface area (TPSA) is 99.0 Å². The van der Waals surface area contributed by atoms with E-state index in [1.807, 2.05) is 25.1 Å². The van der Waals surface area contributed by atoms with Crippen LogP contribution >= 0.6 is 0 Å². The Labute approximate surface area is 253 Å². The van der Waals surface area contributed by atoms with Gasteiger partial charge in [0.25, 0.3) is 5.69 Å². The molecule has 0 saturated carbocycles. The third-order valence-electron chi connectivity index (χ3n) is 8.61. The Balaban J connectivity index is 1.59. The highest BCUT2D eigenvalue weighted by atomic mass is 16.6. The molecule has 0 fully saturated rings. The number of carbonyl (C=O) groups is 2. The first-order chi connectivity index (χ1) is 20.3. The van der Waals surface area contributed by atoms with Crippen LogP contribution in [0.4, 0.5) is 5.69 Å². The van der Waals surface area contributed by atoms with Gasteiger partial charge in [-0.25, -0.2) is 0 Å². The lowest BCUT2D eigenvalue weighted by atomic mass is 9.63. The predicted molar refractivity (Wildman–Crippen MR) is 165 cm³/mol. The van der Waals surface area contributed by atoms with Crippen LogP contribution in [-0.4, -0.2) is 34.5 Å². The second-order valence-electron chi connectivity index (χ2n) is 13.5. The van der Waals surface area contributed by atoms with Gasteiger partial charge in [-0.05, 0) is 72.4 Å². The number of hydrogen-bond acceptors (Lipinski definition) is 7. The molecule has 0 amide bonds. The van der Waals surface area contributed by atoms with Crippen LogP contribution in [0.25, 0.3) is 0 Å². The number of allylic oxidation sites excluding steroid dienone is 4. The molecule has 8 heteroatoms. The average Bonchev–Trinajstić information content (AvgIpc) is 2.92. The zero-order chi connectivity index (χ0) is 31.1. The largest absolute Gasteiger partial charge is 0.490 e. The van der Waals surface area contributed by atoms with Crippen LogP contribution in [0.5, 0.6) is 11.5 Å². The van der Waals surface area contributed by atoms with E-state index < -0.39 is 10.8 Å². The summed E-state index contributed by atoms with van der Waals surface area (Å²) in [5.41, 5.74) is 4.97. The molecule has 0 aromatic heterocycles. The van der Waals surface area contributed by atoms with Crippen molar-refractivity contribution in [1.29, 1.82) is 0 Å². The fourth-order valence-electron chi connectivity index (χ4n) is 6.84. The normalized spacial score (nSPS) is 19.7. The van der Waals surface area contributed by atoms with Crippen LogP contribution in [0.1, 0.15) is 90.7 Å². The second kappa shape index (κ2) is 11.6. The Bertz CT molecular complexity index is 1460. The Hall–Kier alpha value is -3.94. The number of nitro benzene ring substituents is 1. The van der Waals surface area contributed by atoms with Gasteiger partial charge in [0, 0.05) is 60.0 Å². The molecule has 228 valence electrons. The van der Waals surface area contributed by atoms with Crippen molar-refractivity contribution >= 4 is 17.3 Å². The number of ketones is 2. The van der Waals surface area contributed by atoms with Gasteiger partial charge >= 0.3 is 0 Å². The van der Waals surface area contributed by atoms with Crippen LogP contribution in [0.3, 0.4) is 0 Å². The van der Waals surface area contributed by atoms with Crippen molar-refractivity contribution in [2.45, 2.75) is 86.2 Å². The predicted octanol–water partition coefficient (Wildman–Crippen LogP) is 7.67. The standard InChI is InChI=1S/C35H42N2O6/c1-7-15-36-25-17-34(3,4)19-27(38)32(25)31(33-26(36)18-35(5,6)20-28(33)39)23-11-14-29(30(16-23)42-8-2)43-21-22-9-12-24(13-10-22)37(40)41/h9-14,16,31H,7-8,15,17-21H2,1-6H3.